The number of nitrogens with one attached hydrogen (secondary N) is 1. The third-order valence-corrected chi connectivity index (χ3v) is 3.69. The Kier molecular flexibility index (Phi) is 3.88. The van der Waals surface area contributed by atoms with Crippen LogP contribution in [0.4, 0.5) is 0 Å². The second kappa shape index (κ2) is 5.97. The number of benzene rings is 2. The van der Waals surface area contributed by atoms with Gasteiger partial charge in [-0.25, -0.2) is 4.98 Å². The summed E-state index contributed by atoms with van der Waals surface area (Å²) in [5, 5.41) is 15.8. The Morgan fingerprint density at radius 2 is 2.10 bits per heavy atom. The van der Waals surface area contributed by atoms with Crippen LogP contribution >= 0.6 is 0 Å². The van der Waals surface area contributed by atoms with Gasteiger partial charge < -0.3 is 15.0 Å². The molecule has 0 saturated heterocycles. The van der Waals surface area contributed by atoms with Crippen LogP contribution in [0.25, 0.3) is 10.8 Å². The molecule has 3 aromatic rings. The maximum absolute atomic E-state index is 10.1. The fraction of sp³-hybridized carbons (Fsp3) is 0.235. The van der Waals surface area contributed by atoms with Crippen molar-refractivity contribution in [3.63, 3.8) is 0 Å². The number of hydrogen-bond donors (Lipinski definition) is 2. The molecule has 108 valence electrons. The number of aromatic nitrogens is 2. The van der Waals surface area contributed by atoms with Crippen molar-refractivity contribution >= 4 is 10.8 Å². The lowest BCUT2D eigenvalue weighted by Crippen LogP contribution is -2.29. The van der Waals surface area contributed by atoms with Gasteiger partial charge in [0.15, 0.2) is 0 Å². The minimum absolute atomic E-state index is 0.289. The molecule has 4 nitrogen and oxygen atoms in total. The Labute approximate surface area is 124 Å². The number of hydrogen-bond acceptors (Lipinski definition) is 3. The lowest BCUT2D eigenvalue weighted by Gasteiger charge is -2.16. The second-order valence-electron chi connectivity index (χ2n) is 5.33. The van der Waals surface area contributed by atoms with E-state index in [9.17, 15) is 5.11 Å². The fourth-order valence-electron chi connectivity index (χ4n) is 2.56. The zero-order valence-corrected chi connectivity index (χ0v) is 12.0. The molecule has 0 aliphatic heterocycles. The molecule has 21 heavy (non-hydrogen) atoms. The number of fused-ring (bicyclic) bond motifs is 1. The molecule has 0 amide bonds. The molecule has 1 atom stereocenters. The van der Waals surface area contributed by atoms with Crippen LogP contribution in [0.5, 0.6) is 5.75 Å². The van der Waals surface area contributed by atoms with Crippen LogP contribution in [-0.2, 0) is 13.1 Å². The minimum atomic E-state index is 0.289. The summed E-state index contributed by atoms with van der Waals surface area (Å²) >= 11 is 0. The van der Waals surface area contributed by atoms with E-state index in [1.54, 1.807) is 12.3 Å². The molecule has 0 spiro atoms. The van der Waals surface area contributed by atoms with E-state index in [1.807, 2.05) is 41.4 Å². The van der Waals surface area contributed by atoms with Crippen LogP contribution in [-0.4, -0.2) is 20.7 Å². The smallest absolute Gasteiger partial charge is 0.120 e. The van der Waals surface area contributed by atoms with Crippen LogP contribution in [0.3, 0.4) is 0 Å². The second-order valence-corrected chi connectivity index (χ2v) is 5.33. The highest BCUT2D eigenvalue weighted by molar-refractivity contribution is 5.87. The fourth-order valence-corrected chi connectivity index (χ4v) is 2.56. The molecule has 2 N–H and O–H groups in total. The van der Waals surface area contributed by atoms with Crippen molar-refractivity contribution in [2.45, 2.75) is 26.1 Å². The number of phenolic OH excluding ortho intramolecular Hbond substituents is 1. The van der Waals surface area contributed by atoms with Gasteiger partial charge in [0, 0.05) is 37.1 Å². The summed E-state index contributed by atoms with van der Waals surface area (Å²) in [6, 6.07) is 12.1. The van der Waals surface area contributed by atoms with Crippen molar-refractivity contribution < 1.29 is 5.11 Å². The highest BCUT2D eigenvalue weighted by Crippen LogP contribution is 2.26. The molecule has 2 aromatic carbocycles. The molecule has 0 bridgehead atoms. The van der Waals surface area contributed by atoms with E-state index >= 15 is 0 Å². The molecule has 1 unspecified atom stereocenters. The summed E-state index contributed by atoms with van der Waals surface area (Å²) in [5.41, 5.74) is 0.950. The van der Waals surface area contributed by atoms with Gasteiger partial charge in [-0.3, -0.25) is 0 Å². The molecule has 1 heterocycles. The van der Waals surface area contributed by atoms with Gasteiger partial charge in [0.1, 0.15) is 5.75 Å². The largest absolute Gasteiger partial charge is 0.508 e. The number of imidazole rings is 1. The van der Waals surface area contributed by atoms with Crippen molar-refractivity contribution in [1.82, 2.24) is 14.9 Å². The van der Waals surface area contributed by atoms with Gasteiger partial charge in [-0.05, 0) is 23.8 Å². The molecule has 0 radical (unpaired) electrons. The van der Waals surface area contributed by atoms with Crippen LogP contribution < -0.4 is 5.32 Å². The number of phenols is 1. The SMILES string of the molecule is CC(Cn1ccnc1)NCc1c(O)ccc2ccccc12. The lowest BCUT2D eigenvalue weighted by molar-refractivity contribution is 0.448. The zero-order chi connectivity index (χ0) is 14.7. The summed E-state index contributed by atoms with van der Waals surface area (Å²) in [4.78, 5) is 4.04. The van der Waals surface area contributed by atoms with E-state index < -0.39 is 0 Å². The van der Waals surface area contributed by atoms with Gasteiger partial charge in [0.05, 0.1) is 6.33 Å². The maximum Gasteiger partial charge on any atom is 0.120 e. The van der Waals surface area contributed by atoms with Crippen LogP contribution in [0, 0.1) is 0 Å². The highest BCUT2D eigenvalue weighted by Gasteiger charge is 2.08. The van der Waals surface area contributed by atoms with Gasteiger partial charge >= 0.3 is 0 Å². The van der Waals surface area contributed by atoms with Crippen LogP contribution in [0.15, 0.2) is 55.1 Å². The Morgan fingerprint density at radius 3 is 2.90 bits per heavy atom. The first-order chi connectivity index (χ1) is 10.2. The Bertz CT molecular complexity index is 722. The standard InChI is InChI=1S/C17H19N3O/c1-13(11-20-9-8-18-12-20)19-10-16-15-5-3-2-4-14(15)6-7-17(16)21/h2-9,12-13,19,21H,10-11H2,1H3. The molecule has 0 aliphatic carbocycles. The van der Waals surface area contributed by atoms with Crippen LogP contribution in [0.2, 0.25) is 0 Å². The minimum Gasteiger partial charge on any atom is -0.508 e. The number of aromatic hydroxyl groups is 1. The first-order valence-corrected chi connectivity index (χ1v) is 7.13. The summed E-state index contributed by atoms with van der Waals surface area (Å²) < 4.78 is 2.04. The summed E-state index contributed by atoms with van der Waals surface area (Å²) in [5.74, 6) is 0.344. The van der Waals surface area contributed by atoms with Gasteiger partial charge in [-0.15, -0.1) is 0 Å². The number of nitrogens with zero attached hydrogens (tertiary/aromatic N) is 2. The monoisotopic (exact) mass is 281 g/mol. The Hall–Kier alpha value is -2.33. The first kappa shape index (κ1) is 13.6. The van der Waals surface area contributed by atoms with Crippen molar-refractivity contribution in [3.8, 4) is 5.75 Å². The molecular weight excluding hydrogens is 262 g/mol. The molecule has 0 saturated carbocycles. The third kappa shape index (κ3) is 3.06. The quantitative estimate of drug-likeness (QED) is 0.756. The predicted molar refractivity (Wildman–Crippen MR) is 84.1 cm³/mol. The lowest BCUT2D eigenvalue weighted by atomic mass is 10.0. The zero-order valence-electron chi connectivity index (χ0n) is 12.0. The molecular formula is C17H19N3O. The van der Waals surface area contributed by atoms with E-state index in [2.05, 4.69) is 23.3 Å². The predicted octanol–water partition coefficient (Wildman–Crippen LogP) is 2.92. The van der Waals surface area contributed by atoms with Crippen molar-refractivity contribution in [3.05, 3.63) is 60.7 Å². The molecule has 4 heteroatoms. The van der Waals surface area contributed by atoms with E-state index in [-0.39, 0.29) is 6.04 Å². The maximum atomic E-state index is 10.1. The molecule has 1 aromatic heterocycles. The normalized spacial score (nSPS) is 12.6. The van der Waals surface area contributed by atoms with Gasteiger partial charge in [-0.1, -0.05) is 30.3 Å². The van der Waals surface area contributed by atoms with Crippen molar-refractivity contribution in [2.24, 2.45) is 0 Å². The summed E-state index contributed by atoms with van der Waals surface area (Å²) in [6.45, 7) is 3.62. The third-order valence-electron chi connectivity index (χ3n) is 3.69. The van der Waals surface area contributed by atoms with Gasteiger partial charge in [0.2, 0.25) is 0 Å². The molecule has 0 aliphatic rings. The summed E-state index contributed by atoms with van der Waals surface area (Å²) in [7, 11) is 0. The van der Waals surface area contributed by atoms with Crippen molar-refractivity contribution in [2.75, 3.05) is 0 Å². The van der Waals surface area contributed by atoms with Crippen LogP contribution in [0.1, 0.15) is 12.5 Å². The molecule has 0 fully saturated rings. The molecule has 3 rings (SSSR count). The van der Waals surface area contributed by atoms with Gasteiger partial charge in [-0.2, -0.15) is 0 Å². The topological polar surface area (TPSA) is 50.1 Å². The van der Waals surface area contributed by atoms with Crippen molar-refractivity contribution in [1.29, 1.82) is 0 Å². The summed E-state index contributed by atoms with van der Waals surface area (Å²) in [6.07, 6.45) is 5.55. The number of rotatable bonds is 5. The average molecular weight is 281 g/mol. The average Bonchev–Trinajstić information content (AvgIpc) is 2.99. The van der Waals surface area contributed by atoms with E-state index in [1.165, 1.54) is 0 Å². The Morgan fingerprint density at radius 1 is 1.24 bits per heavy atom. The Balaban J connectivity index is 1.74. The highest BCUT2D eigenvalue weighted by atomic mass is 16.3. The van der Waals surface area contributed by atoms with E-state index in [4.69, 9.17) is 0 Å². The first-order valence-electron chi connectivity index (χ1n) is 7.13. The van der Waals surface area contributed by atoms with Gasteiger partial charge in [0.25, 0.3) is 0 Å². The van der Waals surface area contributed by atoms with E-state index in [0.29, 0.717) is 12.3 Å². The van der Waals surface area contributed by atoms with E-state index in [0.717, 1.165) is 22.9 Å².